The maximum atomic E-state index is 12.6. The van der Waals surface area contributed by atoms with Crippen LogP contribution in [0.25, 0.3) is 0 Å². The van der Waals surface area contributed by atoms with Gasteiger partial charge in [0.25, 0.3) is 0 Å². The summed E-state index contributed by atoms with van der Waals surface area (Å²) in [6.45, 7) is 3.22. The fourth-order valence-corrected chi connectivity index (χ4v) is 2.72. The Labute approximate surface area is 140 Å². The number of anilines is 1. The number of ether oxygens (including phenoxy) is 1. The monoisotopic (exact) mass is 331 g/mol. The molecule has 7 nitrogen and oxygen atoms in total. The molecule has 1 atom stereocenters. The molecule has 1 aromatic carbocycles. The van der Waals surface area contributed by atoms with Gasteiger partial charge in [-0.1, -0.05) is 23.4 Å². The van der Waals surface area contributed by atoms with Gasteiger partial charge in [0.05, 0.1) is 12.6 Å². The van der Waals surface area contributed by atoms with Gasteiger partial charge in [0, 0.05) is 24.8 Å². The molecular weight excluding hydrogens is 310 g/mol. The van der Waals surface area contributed by atoms with Crippen molar-refractivity contribution in [1.29, 1.82) is 0 Å². The molecule has 1 fully saturated rings. The zero-order valence-corrected chi connectivity index (χ0v) is 13.6. The fraction of sp³-hybridized carbons (Fsp3) is 0.412. The van der Waals surface area contributed by atoms with Crippen molar-refractivity contribution in [3.05, 3.63) is 41.7 Å². The first-order chi connectivity index (χ1) is 11.6. The van der Waals surface area contributed by atoms with Crippen LogP contribution >= 0.6 is 0 Å². The lowest BCUT2D eigenvalue weighted by molar-refractivity contribution is 0.0817. The number of aryl methyl sites for hydroxylation is 1. The Morgan fingerprint density at radius 1 is 1.46 bits per heavy atom. The van der Waals surface area contributed by atoms with Crippen molar-refractivity contribution >= 4 is 11.8 Å². The lowest BCUT2D eigenvalue weighted by Crippen LogP contribution is -2.39. The second kappa shape index (κ2) is 7.35. The van der Waals surface area contributed by atoms with E-state index in [4.69, 9.17) is 9.26 Å². The van der Waals surface area contributed by atoms with Crippen molar-refractivity contribution in [2.24, 2.45) is 0 Å². The number of phenolic OH excluding ortho intramolecular Hbond substituents is 1. The summed E-state index contributed by atoms with van der Waals surface area (Å²) in [6, 6.07) is 8.34. The van der Waals surface area contributed by atoms with Crippen molar-refractivity contribution in [2.75, 3.05) is 18.5 Å². The molecule has 0 saturated carbocycles. The molecule has 0 radical (unpaired) electrons. The first-order valence-corrected chi connectivity index (χ1v) is 7.99. The van der Waals surface area contributed by atoms with E-state index in [0.29, 0.717) is 23.7 Å². The van der Waals surface area contributed by atoms with E-state index in [1.165, 1.54) is 0 Å². The summed E-state index contributed by atoms with van der Waals surface area (Å²) in [6.07, 6.45) is 1.94. The lowest BCUT2D eigenvalue weighted by Gasteiger charge is -2.25. The third-order valence-electron chi connectivity index (χ3n) is 3.95. The number of nitrogens with one attached hydrogen (secondary N) is 1. The zero-order chi connectivity index (χ0) is 16.9. The normalized spacial score (nSPS) is 17.0. The van der Waals surface area contributed by atoms with Crippen LogP contribution in [0.2, 0.25) is 0 Å². The highest BCUT2D eigenvalue weighted by molar-refractivity contribution is 5.88. The van der Waals surface area contributed by atoms with E-state index in [0.717, 1.165) is 19.4 Å². The molecule has 0 spiro atoms. The molecule has 24 heavy (non-hydrogen) atoms. The number of nitrogens with zero attached hydrogens (tertiary/aromatic N) is 2. The largest absolute Gasteiger partial charge is 0.508 e. The number of hydrogen-bond acceptors (Lipinski definition) is 5. The van der Waals surface area contributed by atoms with Gasteiger partial charge in [0.1, 0.15) is 11.5 Å². The number of benzene rings is 1. The van der Waals surface area contributed by atoms with E-state index >= 15 is 0 Å². The maximum Gasteiger partial charge on any atom is 0.323 e. The topological polar surface area (TPSA) is 87.8 Å². The molecular formula is C17H21N3O4. The highest BCUT2D eigenvalue weighted by Crippen LogP contribution is 2.21. The van der Waals surface area contributed by atoms with Gasteiger partial charge in [-0.15, -0.1) is 0 Å². The Bertz CT molecular complexity index is 695. The number of carbonyl (C=O) groups excluding carboxylic acids is 1. The van der Waals surface area contributed by atoms with Crippen molar-refractivity contribution in [3.63, 3.8) is 0 Å². The van der Waals surface area contributed by atoms with Gasteiger partial charge in [0.2, 0.25) is 0 Å². The molecule has 2 aromatic rings. The molecule has 2 N–H and O–H groups in total. The van der Waals surface area contributed by atoms with Crippen LogP contribution in [0.3, 0.4) is 0 Å². The van der Waals surface area contributed by atoms with Crippen molar-refractivity contribution in [2.45, 2.75) is 32.4 Å². The summed E-state index contributed by atoms with van der Waals surface area (Å²) in [4.78, 5) is 14.2. The van der Waals surface area contributed by atoms with Gasteiger partial charge in [-0.2, -0.15) is 0 Å². The van der Waals surface area contributed by atoms with E-state index in [-0.39, 0.29) is 24.4 Å². The average Bonchev–Trinajstić information content (AvgIpc) is 3.20. The first kappa shape index (κ1) is 16.3. The Morgan fingerprint density at radius 3 is 2.96 bits per heavy atom. The number of amides is 2. The minimum Gasteiger partial charge on any atom is -0.508 e. The van der Waals surface area contributed by atoms with E-state index < -0.39 is 0 Å². The third kappa shape index (κ3) is 4.05. The second-order valence-electron chi connectivity index (χ2n) is 5.90. The number of phenols is 1. The van der Waals surface area contributed by atoms with Crippen LogP contribution in [0.1, 0.15) is 24.2 Å². The molecule has 128 valence electrons. The van der Waals surface area contributed by atoms with E-state index in [1.54, 1.807) is 36.1 Å². The molecule has 7 heteroatoms. The Hall–Kier alpha value is -2.54. The minimum atomic E-state index is -0.304. The maximum absolute atomic E-state index is 12.6. The second-order valence-corrected chi connectivity index (χ2v) is 5.90. The molecule has 2 amide bonds. The van der Waals surface area contributed by atoms with E-state index in [9.17, 15) is 9.90 Å². The average molecular weight is 331 g/mol. The minimum absolute atomic E-state index is 0.0145. The van der Waals surface area contributed by atoms with Crippen LogP contribution in [0.4, 0.5) is 10.6 Å². The van der Waals surface area contributed by atoms with Gasteiger partial charge in [0.15, 0.2) is 5.82 Å². The highest BCUT2D eigenvalue weighted by atomic mass is 16.5. The number of aromatic hydroxyl groups is 1. The number of para-hydroxylation sites is 1. The van der Waals surface area contributed by atoms with Crippen LogP contribution in [0.15, 0.2) is 34.9 Å². The molecule has 0 unspecified atom stereocenters. The van der Waals surface area contributed by atoms with Crippen LogP contribution < -0.4 is 5.32 Å². The van der Waals surface area contributed by atoms with E-state index in [2.05, 4.69) is 10.5 Å². The quantitative estimate of drug-likeness (QED) is 0.879. The van der Waals surface area contributed by atoms with Crippen molar-refractivity contribution < 1.29 is 19.2 Å². The summed E-state index contributed by atoms with van der Waals surface area (Å²) >= 11 is 0. The molecule has 1 aliphatic rings. The molecule has 2 heterocycles. The summed E-state index contributed by atoms with van der Waals surface area (Å²) < 4.78 is 10.6. The Balaban J connectivity index is 1.72. The van der Waals surface area contributed by atoms with Gasteiger partial charge in [-0.05, 0) is 25.8 Å². The van der Waals surface area contributed by atoms with Gasteiger partial charge in [-0.25, -0.2) is 4.79 Å². The summed E-state index contributed by atoms with van der Waals surface area (Å²) in [7, 11) is 0. The summed E-state index contributed by atoms with van der Waals surface area (Å²) in [5.41, 5.74) is 0.682. The van der Waals surface area contributed by atoms with E-state index in [1.807, 2.05) is 6.07 Å². The van der Waals surface area contributed by atoms with Crippen LogP contribution in [-0.2, 0) is 11.3 Å². The number of hydrogen-bond donors (Lipinski definition) is 2. The SMILES string of the molecule is Cc1cc(NC(=O)N(Cc2ccccc2O)C[C@@H]2CCCO2)no1. The number of rotatable bonds is 5. The van der Waals surface area contributed by atoms with Crippen molar-refractivity contribution in [3.8, 4) is 5.75 Å². The predicted molar refractivity (Wildman–Crippen MR) is 87.7 cm³/mol. The third-order valence-corrected chi connectivity index (χ3v) is 3.95. The lowest BCUT2D eigenvalue weighted by atomic mass is 10.1. The molecule has 1 aromatic heterocycles. The van der Waals surface area contributed by atoms with Gasteiger partial charge >= 0.3 is 6.03 Å². The van der Waals surface area contributed by atoms with Gasteiger partial charge in [-0.3, -0.25) is 5.32 Å². The Morgan fingerprint density at radius 2 is 2.29 bits per heavy atom. The molecule has 3 rings (SSSR count). The summed E-state index contributed by atoms with van der Waals surface area (Å²) in [5.74, 6) is 1.16. The van der Waals surface area contributed by atoms with Crippen LogP contribution in [0.5, 0.6) is 5.75 Å². The zero-order valence-electron chi connectivity index (χ0n) is 13.6. The number of urea groups is 1. The van der Waals surface area contributed by atoms with Crippen LogP contribution in [-0.4, -0.2) is 40.4 Å². The number of carbonyl (C=O) groups is 1. The summed E-state index contributed by atoms with van der Waals surface area (Å²) in [5, 5.41) is 16.5. The van der Waals surface area contributed by atoms with Gasteiger partial charge < -0.3 is 19.3 Å². The molecule has 0 aliphatic carbocycles. The molecule has 1 aliphatic heterocycles. The number of aromatic nitrogens is 1. The van der Waals surface area contributed by atoms with Crippen LogP contribution in [0, 0.1) is 6.92 Å². The highest BCUT2D eigenvalue weighted by Gasteiger charge is 2.24. The fourth-order valence-electron chi connectivity index (χ4n) is 2.72. The smallest absolute Gasteiger partial charge is 0.323 e. The molecule has 0 bridgehead atoms. The predicted octanol–water partition coefficient (Wildman–Crippen LogP) is 2.90. The standard InChI is InChI=1S/C17H21N3O4/c1-12-9-16(19-24-12)18-17(22)20(11-14-6-4-8-23-14)10-13-5-2-3-7-15(13)21/h2-3,5,7,9,14,21H,4,6,8,10-11H2,1H3,(H,18,19,22)/t14-/m0/s1. The van der Waals surface area contributed by atoms with Crippen molar-refractivity contribution in [1.82, 2.24) is 10.1 Å². The first-order valence-electron chi connectivity index (χ1n) is 7.99. The molecule has 1 saturated heterocycles. The Kier molecular flexibility index (Phi) is 5.00.